The number of aromatic nitrogens is 3. The first-order valence-electron chi connectivity index (χ1n) is 12.0. The molecular weight excluding hydrogens is 478 g/mol. The van der Waals surface area contributed by atoms with Crippen molar-refractivity contribution in [2.24, 2.45) is 5.92 Å². The van der Waals surface area contributed by atoms with Crippen molar-refractivity contribution in [3.05, 3.63) is 30.6 Å². The van der Waals surface area contributed by atoms with E-state index in [4.69, 9.17) is 14.5 Å². The third kappa shape index (κ3) is 5.85. The fourth-order valence-corrected chi connectivity index (χ4v) is 4.50. The molecule has 4 rings (SSSR count). The lowest BCUT2D eigenvalue weighted by atomic mass is 10.1. The highest BCUT2D eigenvalue weighted by Crippen LogP contribution is 2.38. The van der Waals surface area contributed by atoms with Crippen LogP contribution in [-0.4, -0.2) is 60.5 Å². The summed E-state index contributed by atoms with van der Waals surface area (Å²) in [5, 5.41) is 13.1. The molecule has 2 amide bonds. The van der Waals surface area contributed by atoms with Crippen molar-refractivity contribution in [1.29, 1.82) is 0 Å². The van der Waals surface area contributed by atoms with Gasteiger partial charge in [0.1, 0.15) is 29.8 Å². The molecule has 192 valence electrons. The molecule has 3 heterocycles. The molecule has 1 aliphatic carbocycles. The fraction of sp³-hybridized carbons (Fsp3) is 0.440. The van der Waals surface area contributed by atoms with Crippen molar-refractivity contribution in [1.82, 2.24) is 14.5 Å². The number of nitrogens with one attached hydrogen (secondary N) is 1. The number of hydrogen-bond donors (Lipinski definition) is 2. The number of rotatable bonds is 10. The highest BCUT2D eigenvalue weighted by Gasteiger charge is 2.30. The molecule has 3 aromatic heterocycles. The minimum Gasteiger partial charge on any atom is -0.496 e. The van der Waals surface area contributed by atoms with Crippen LogP contribution >= 0.6 is 0 Å². The van der Waals surface area contributed by atoms with E-state index < -0.39 is 14.2 Å². The number of carboxylic acid groups (broad SMARTS) is 1. The molecule has 0 radical (unpaired) electrons. The van der Waals surface area contributed by atoms with Crippen LogP contribution in [0.4, 0.5) is 16.4 Å². The van der Waals surface area contributed by atoms with Crippen LogP contribution in [-0.2, 0) is 16.3 Å². The van der Waals surface area contributed by atoms with Gasteiger partial charge in [-0.15, -0.1) is 0 Å². The van der Waals surface area contributed by atoms with E-state index >= 15 is 0 Å². The van der Waals surface area contributed by atoms with E-state index in [-0.39, 0.29) is 17.6 Å². The van der Waals surface area contributed by atoms with Crippen LogP contribution < -0.4 is 15.0 Å². The maximum atomic E-state index is 12.3. The van der Waals surface area contributed by atoms with E-state index in [9.17, 15) is 14.7 Å². The summed E-state index contributed by atoms with van der Waals surface area (Å²) in [4.78, 5) is 33.8. The number of anilines is 2. The van der Waals surface area contributed by atoms with Gasteiger partial charge in [0.2, 0.25) is 5.91 Å². The first kappa shape index (κ1) is 25.6. The normalized spacial score (nSPS) is 13.6. The standard InChI is InChI=1S/C25H33N5O5Si/c1-29(25(32)33)22-12-20(34-2)18(13-26-22)19-14-30(15-35-10-11-36(3,4)5)23-17(19)8-9-21(27-23)28-24(31)16-6-7-16/h8-9,12-14,16H,6-7,10-11,15H2,1-5H3,(H,32,33)(H,27,28,31). The van der Waals surface area contributed by atoms with Crippen molar-refractivity contribution in [3.8, 4) is 16.9 Å². The Hall–Kier alpha value is -3.44. The number of amides is 2. The lowest BCUT2D eigenvalue weighted by molar-refractivity contribution is -0.117. The lowest BCUT2D eigenvalue weighted by Gasteiger charge is -2.15. The molecule has 2 N–H and O–H groups in total. The summed E-state index contributed by atoms with van der Waals surface area (Å²) < 4.78 is 13.5. The second-order valence-electron chi connectivity index (χ2n) is 10.3. The summed E-state index contributed by atoms with van der Waals surface area (Å²) in [7, 11) is 1.73. The number of methoxy groups -OCH3 is 1. The Morgan fingerprint density at radius 3 is 2.64 bits per heavy atom. The van der Waals surface area contributed by atoms with E-state index in [1.165, 1.54) is 14.2 Å². The van der Waals surface area contributed by atoms with E-state index in [1.807, 2.05) is 16.8 Å². The summed E-state index contributed by atoms with van der Waals surface area (Å²) >= 11 is 0. The van der Waals surface area contributed by atoms with Crippen molar-refractivity contribution < 1.29 is 24.2 Å². The minimum absolute atomic E-state index is 0.00410. The first-order valence-corrected chi connectivity index (χ1v) is 15.7. The molecule has 0 unspecified atom stereocenters. The Morgan fingerprint density at radius 1 is 1.25 bits per heavy atom. The van der Waals surface area contributed by atoms with Gasteiger partial charge < -0.3 is 24.5 Å². The van der Waals surface area contributed by atoms with Gasteiger partial charge in [0, 0.05) is 62.6 Å². The zero-order valence-electron chi connectivity index (χ0n) is 21.4. The molecule has 1 fully saturated rings. The third-order valence-corrected chi connectivity index (χ3v) is 7.84. The summed E-state index contributed by atoms with van der Waals surface area (Å²) in [6.07, 6.45) is 4.24. The summed E-state index contributed by atoms with van der Waals surface area (Å²) in [5.74, 6) is 1.31. The number of carbonyl (C=O) groups is 2. The zero-order chi connectivity index (χ0) is 26.0. The van der Waals surface area contributed by atoms with E-state index in [0.29, 0.717) is 36.1 Å². The molecule has 1 aliphatic rings. The van der Waals surface area contributed by atoms with Crippen molar-refractivity contribution >= 4 is 42.7 Å². The number of pyridine rings is 2. The average Bonchev–Trinajstić information content (AvgIpc) is 3.63. The predicted molar refractivity (Wildman–Crippen MR) is 141 cm³/mol. The monoisotopic (exact) mass is 511 g/mol. The van der Waals surface area contributed by atoms with Crippen LogP contribution in [0.3, 0.4) is 0 Å². The van der Waals surface area contributed by atoms with Crippen molar-refractivity contribution in [3.63, 3.8) is 0 Å². The molecule has 11 heteroatoms. The van der Waals surface area contributed by atoms with Crippen LogP contribution in [0.2, 0.25) is 25.7 Å². The quantitative estimate of drug-likeness (QED) is 0.294. The fourth-order valence-electron chi connectivity index (χ4n) is 3.74. The second-order valence-corrected chi connectivity index (χ2v) is 15.9. The molecular formula is C25H33N5O5Si. The summed E-state index contributed by atoms with van der Waals surface area (Å²) in [6, 6.07) is 6.34. The van der Waals surface area contributed by atoms with Gasteiger partial charge in [-0.05, 0) is 31.0 Å². The predicted octanol–water partition coefficient (Wildman–Crippen LogP) is 4.88. The van der Waals surface area contributed by atoms with Gasteiger partial charge in [0.25, 0.3) is 0 Å². The van der Waals surface area contributed by atoms with Gasteiger partial charge in [-0.25, -0.2) is 14.8 Å². The van der Waals surface area contributed by atoms with Crippen LogP contribution in [0.5, 0.6) is 5.75 Å². The van der Waals surface area contributed by atoms with E-state index in [2.05, 4.69) is 29.9 Å². The lowest BCUT2D eigenvalue weighted by Crippen LogP contribution is -2.24. The summed E-state index contributed by atoms with van der Waals surface area (Å²) in [6.45, 7) is 7.88. The first-order chi connectivity index (χ1) is 17.1. The van der Waals surface area contributed by atoms with Crippen LogP contribution in [0.1, 0.15) is 12.8 Å². The maximum absolute atomic E-state index is 12.3. The van der Waals surface area contributed by atoms with E-state index in [1.54, 1.807) is 18.3 Å². The maximum Gasteiger partial charge on any atom is 0.412 e. The molecule has 0 aliphatic heterocycles. The molecule has 0 saturated heterocycles. The zero-order valence-corrected chi connectivity index (χ0v) is 22.4. The Kier molecular flexibility index (Phi) is 7.32. The number of carbonyl (C=O) groups excluding carboxylic acids is 1. The average molecular weight is 512 g/mol. The summed E-state index contributed by atoms with van der Waals surface area (Å²) in [5.41, 5.74) is 2.18. The molecule has 10 nitrogen and oxygen atoms in total. The SMILES string of the molecule is COc1cc(N(C)C(=O)O)ncc1-c1cn(COCC[Si](C)(C)C)c2nc(NC(=O)C3CC3)ccc12. The number of fused-ring (bicyclic) bond motifs is 1. The number of ether oxygens (including phenoxy) is 2. The molecule has 3 aromatic rings. The van der Waals surface area contributed by atoms with Gasteiger partial charge in [-0.3, -0.25) is 9.69 Å². The molecule has 36 heavy (non-hydrogen) atoms. The van der Waals surface area contributed by atoms with Crippen molar-refractivity contribution in [2.75, 3.05) is 31.0 Å². The largest absolute Gasteiger partial charge is 0.496 e. The number of hydrogen-bond acceptors (Lipinski definition) is 6. The van der Waals surface area contributed by atoms with E-state index in [0.717, 1.165) is 34.7 Å². The minimum atomic E-state index is -1.23. The van der Waals surface area contributed by atoms with Gasteiger partial charge in [0.05, 0.1) is 7.11 Å². The number of nitrogens with zero attached hydrogens (tertiary/aromatic N) is 4. The Labute approximate surface area is 211 Å². The van der Waals surface area contributed by atoms with Crippen molar-refractivity contribution in [2.45, 2.75) is 45.3 Å². The molecule has 0 bridgehead atoms. The Bertz CT molecular complexity index is 1280. The third-order valence-electron chi connectivity index (χ3n) is 6.14. The second kappa shape index (κ2) is 10.3. The van der Waals surface area contributed by atoms with Crippen LogP contribution in [0, 0.1) is 5.92 Å². The van der Waals surface area contributed by atoms with Gasteiger partial charge in [0.15, 0.2) is 0 Å². The van der Waals surface area contributed by atoms with Gasteiger partial charge in [-0.2, -0.15) is 0 Å². The Morgan fingerprint density at radius 2 is 2.00 bits per heavy atom. The molecule has 0 aromatic carbocycles. The topological polar surface area (TPSA) is 119 Å². The van der Waals surface area contributed by atoms with Crippen LogP contribution in [0.25, 0.3) is 22.2 Å². The van der Waals surface area contributed by atoms with Gasteiger partial charge in [-0.1, -0.05) is 19.6 Å². The Balaban J connectivity index is 1.71. The molecule has 1 saturated carbocycles. The molecule has 0 atom stereocenters. The molecule has 0 spiro atoms. The highest BCUT2D eigenvalue weighted by molar-refractivity contribution is 6.76. The smallest absolute Gasteiger partial charge is 0.412 e. The highest BCUT2D eigenvalue weighted by atomic mass is 28.3. The van der Waals surface area contributed by atoms with Crippen LogP contribution in [0.15, 0.2) is 30.6 Å². The van der Waals surface area contributed by atoms with Gasteiger partial charge >= 0.3 is 6.09 Å².